The van der Waals surface area contributed by atoms with Crippen molar-refractivity contribution in [3.63, 3.8) is 0 Å². The second kappa shape index (κ2) is 7.61. The molecule has 5 heteroatoms. The van der Waals surface area contributed by atoms with Crippen molar-refractivity contribution in [2.24, 2.45) is 5.92 Å². The number of carbonyl (C=O) groups excluding carboxylic acids is 2. The number of piperidine rings is 1. The van der Waals surface area contributed by atoms with Crippen LogP contribution < -0.4 is 5.32 Å². The van der Waals surface area contributed by atoms with E-state index < -0.39 is 5.91 Å². The quantitative estimate of drug-likeness (QED) is 0.850. The van der Waals surface area contributed by atoms with Crippen molar-refractivity contribution in [3.05, 3.63) is 71.0 Å². The van der Waals surface area contributed by atoms with Crippen molar-refractivity contribution in [3.8, 4) is 0 Å². The van der Waals surface area contributed by atoms with E-state index in [1.807, 2.05) is 18.2 Å². The molecule has 0 unspecified atom stereocenters. The lowest BCUT2D eigenvalue weighted by Gasteiger charge is -2.38. The van der Waals surface area contributed by atoms with Crippen LogP contribution in [0.1, 0.15) is 35.6 Å². The Morgan fingerprint density at radius 1 is 1.00 bits per heavy atom. The van der Waals surface area contributed by atoms with Gasteiger partial charge >= 0.3 is 0 Å². The molecule has 4 nitrogen and oxygen atoms in total. The molecule has 2 aliphatic heterocycles. The highest BCUT2D eigenvalue weighted by Gasteiger charge is 2.37. The largest absolute Gasteiger partial charge is 0.325 e. The highest BCUT2D eigenvalue weighted by Crippen LogP contribution is 2.35. The third-order valence-electron chi connectivity index (χ3n) is 5.65. The van der Waals surface area contributed by atoms with Gasteiger partial charge in [0.1, 0.15) is 5.82 Å². The van der Waals surface area contributed by atoms with E-state index in [0.717, 1.165) is 30.6 Å². The normalized spacial score (nSPS) is 20.2. The van der Waals surface area contributed by atoms with Gasteiger partial charge in [-0.05, 0) is 61.2 Å². The summed E-state index contributed by atoms with van der Waals surface area (Å²) in [6.07, 6.45) is 2.13. The number of halogens is 1. The second-order valence-electron chi connectivity index (χ2n) is 7.29. The fourth-order valence-corrected chi connectivity index (χ4v) is 4.19. The fraction of sp³-hybridized carbons (Fsp3) is 0.364. The van der Waals surface area contributed by atoms with Crippen LogP contribution in [-0.4, -0.2) is 36.2 Å². The van der Waals surface area contributed by atoms with Crippen LogP contribution in [0.5, 0.6) is 0 Å². The highest BCUT2D eigenvalue weighted by atomic mass is 19.1. The Balaban J connectivity index is 1.69. The Hall–Kier alpha value is -2.53. The predicted octanol–water partition coefficient (Wildman–Crippen LogP) is 2.87. The van der Waals surface area contributed by atoms with Crippen molar-refractivity contribution in [2.75, 3.05) is 19.6 Å². The predicted molar refractivity (Wildman–Crippen MR) is 101 cm³/mol. The summed E-state index contributed by atoms with van der Waals surface area (Å²) in [5.41, 5.74) is 3.02. The number of nitrogens with one attached hydrogen (secondary N) is 1. The number of hydrogen-bond donors (Lipinski definition) is 1. The molecule has 1 fully saturated rings. The van der Waals surface area contributed by atoms with Crippen LogP contribution in [0.3, 0.4) is 0 Å². The third-order valence-corrected chi connectivity index (χ3v) is 5.65. The van der Waals surface area contributed by atoms with Gasteiger partial charge in [-0.25, -0.2) is 4.39 Å². The maximum Gasteiger partial charge on any atom is 0.291 e. The van der Waals surface area contributed by atoms with E-state index in [-0.39, 0.29) is 23.6 Å². The Morgan fingerprint density at radius 2 is 1.70 bits per heavy atom. The number of amides is 1. The van der Waals surface area contributed by atoms with E-state index in [2.05, 4.69) is 11.4 Å². The molecule has 140 valence electrons. The topological polar surface area (TPSA) is 49.4 Å². The number of nitrogens with zero attached hydrogens (tertiary/aromatic N) is 1. The van der Waals surface area contributed by atoms with Gasteiger partial charge in [0.2, 0.25) is 5.78 Å². The van der Waals surface area contributed by atoms with E-state index >= 15 is 0 Å². The summed E-state index contributed by atoms with van der Waals surface area (Å²) in [5, 5.41) is 3.23. The van der Waals surface area contributed by atoms with E-state index in [1.54, 1.807) is 17.0 Å². The lowest BCUT2D eigenvalue weighted by atomic mass is 9.86. The number of hydrogen-bond acceptors (Lipinski definition) is 3. The Kier molecular flexibility index (Phi) is 5.03. The molecule has 4 rings (SSSR count). The van der Waals surface area contributed by atoms with Gasteiger partial charge in [0.15, 0.2) is 0 Å². The van der Waals surface area contributed by atoms with E-state index in [1.165, 1.54) is 17.7 Å². The summed E-state index contributed by atoms with van der Waals surface area (Å²) < 4.78 is 13.4. The average molecular weight is 366 g/mol. The van der Waals surface area contributed by atoms with Crippen molar-refractivity contribution in [2.45, 2.75) is 25.3 Å². The van der Waals surface area contributed by atoms with Gasteiger partial charge in [0, 0.05) is 12.5 Å². The van der Waals surface area contributed by atoms with Gasteiger partial charge in [-0.1, -0.05) is 36.4 Å². The molecule has 27 heavy (non-hydrogen) atoms. The average Bonchev–Trinajstić information content (AvgIpc) is 2.73. The first-order valence-electron chi connectivity index (χ1n) is 9.54. The summed E-state index contributed by atoms with van der Waals surface area (Å²) in [7, 11) is 0. The summed E-state index contributed by atoms with van der Waals surface area (Å²) >= 11 is 0. The third kappa shape index (κ3) is 3.52. The van der Waals surface area contributed by atoms with Crippen molar-refractivity contribution in [1.82, 2.24) is 10.2 Å². The van der Waals surface area contributed by atoms with E-state index in [4.69, 9.17) is 0 Å². The standard InChI is InChI=1S/C22H23FN2O2/c23-18-7-5-16(6-8-18)20-19-4-2-1-3-15(19)11-14-25(20)22(27)21(26)17-9-12-24-13-10-17/h1-8,17,20,24H,9-14H2/t20-/m0/s1. The first kappa shape index (κ1) is 17.9. The van der Waals surface area contributed by atoms with Crippen molar-refractivity contribution >= 4 is 11.7 Å². The molecule has 1 N–H and O–H groups in total. The molecular formula is C22H23FN2O2. The van der Waals surface area contributed by atoms with Gasteiger partial charge in [-0.2, -0.15) is 0 Å². The maximum absolute atomic E-state index is 13.4. The molecule has 2 aromatic rings. The lowest BCUT2D eigenvalue weighted by molar-refractivity contribution is -0.148. The molecule has 0 saturated carbocycles. The maximum atomic E-state index is 13.4. The second-order valence-corrected chi connectivity index (χ2v) is 7.29. The Bertz CT molecular complexity index is 844. The molecule has 1 saturated heterocycles. The number of carbonyl (C=O) groups is 2. The highest BCUT2D eigenvalue weighted by molar-refractivity contribution is 6.37. The van der Waals surface area contributed by atoms with E-state index in [0.29, 0.717) is 19.4 Å². The van der Waals surface area contributed by atoms with Gasteiger partial charge < -0.3 is 10.2 Å². The van der Waals surface area contributed by atoms with Crippen LogP contribution in [0, 0.1) is 11.7 Å². The first-order valence-corrected chi connectivity index (χ1v) is 9.54. The molecule has 0 bridgehead atoms. The monoisotopic (exact) mass is 366 g/mol. The van der Waals surface area contributed by atoms with Crippen LogP contribution in [-0.2, 0) is 16.0 Å². The van der Waals surface area contributed by atoms with Crippen LogP contribution >= 0.6 is 0 Å². The number of ketones is 1. The zero-order chi connectivity index (χ0) is 18.8. The summed E-state index contributed by atoms with van der Waals surface area (Å²) in [4.78, 5) is 27.7. The van der Waals surface area contributed by atoms with Gasteiger partial charge in [0.25, 0.3) is 5.91 Å². The van der Waals surface area contributed by atoms with E-state index in [9.17, 15) is 14.0 Å². The molecule has 0 aliphatic carbocycles. The smallest absolute Gasteiger partial charge is 0.291 e. The number of rotatable bonds is 3. The number of fused-ring (bicyclic) bond motifs is 1. The van der Waals surface area contributed by atoms with Crippen LogP contribution in [0.4, 0.5) is 4.39 Å². The summed E-state index contributed by atoms with van der Waals surface area (Å²) in [6, 6.07) is 13.9. The minimum atomic E-state index is -0.411. The van der Waals surface area contributed by atoms with Crippen molar-refractivity contribution < 1.29 is 14.0 Å². The van der Waals surface area contributed by atoms with Crippen LogP contribution in [0.2, 0.25) is 0 Å². The minimum Gasteiger partial charge on any atom is -0.325 e. The van der Waals surface area contributed by atoms with Gasteiger partial charge in [-0.3, -0.25) is 9.59 Å². The van der Waals surface area contributed by atoms with Crippen LogP contribution in [0.15, 0.2) is 48.5 Å². The molecule has 0 radical (unpaired) electrons. The molecule has 2 aliphatic rings. The first-order chi connectivity index (χ1) is 13.1. The van der Waals surface area contributed by atoms with Gasteiger partial charge in [-0.15, -0.1) is 0 Å². The fourth-order valence-electron chi connectivity index (χ4n) is 4.19. The summed E-state index contributed by atoms with van der Waals surface area (Å²) in [5.74, 6) is -1.22. The molecule has 0 aromatic heterocycles. The zero-order valence-electron chi connectivity index (χ0n) is 15.2. The van der Waals surface area contributed by atoms with Gasteiger partial charge in [0.05, 0.1) is 6.04 Å². The molecular weight excluding hydrogens is 343 g/mol. The van der Waals surface area contributed by atoms with Crippen molar-refractivity contribution in [1.29, 1.82) is 0 Å². The Morgan fingerprint density at radius 3 is 2.44 bits per heavy atom. The number of Topliss-reactive ketones (excluding diaryl/α,β-unsaturated/α-hetero) is 1. The summed E-state index contributed by atoms with van der Waals surface area (Å²) in [6.45, 7) is 2.04. The zero-order valence-corrected chi connectivity index (χ0v) is 15.2. The number of benzene rings is 2. The Labute approximate surface area is 158 Å². The molecule has 2 aromatic carbocycles. The molecule has 1 atom stereocenters. The molecule has 0 spiro atoms. The molecule has 2 heterocycles. The molecule has 1 amide bonds. The SMILES string of the molecule is O=C(C(=O)N1CCc2ccccc2[C@@H]1c1ccc(F)cc1)C1CCNCC1. The van der Waals surface area contributed by atoms with Crippen LogP contribution in [0.25, 0.3) is 0 Å². The lowest BCUT2D eigenvalue weighted by Crippen LogP contribution is -2.47. The minimum absolute atomic E-state index is 0.204.